The average Bonchev–Trinajstić information content (AvgIpc) is 1.72. The molecule has 0 amide bonds. The summed E-state index contributed by atoms with van der Waals surface area (Å²) in [5.41, 5.74) is 0. The maximum absolute atomic E-state index is 3.78. The molecule has 0 bridgehead atoms. The summed E-state index contributed by atoms with van der Waals surface area (Å²) < 4.78 is 0. The largest absolute Gasteiger partial charge is 0.265 e. The zero-order valence-electron chi connectivity index (χ0n) is 3.33. The predicted molar refractivity (Wildman–Crippen MR) is 31.0 cm³/mol. The molecule has 0 atom stereocenters. The van der Waals surface area contributed by atoms with Gasteiger partial charge in [-0.1, -0.05) is 13.5 Å². The Morgan fingerprint density at radius 1 is 0.857 bits per heavy atom. The molecule has 38 valence electrons. The maximum Gasteiger partial charge on any atom is 0.0267 e. The van der Waals surface area contributed by atoms with Crippen molar-refractivity contribution >= 4 is 0 Å². The number of pyridine rings is 1. The van der Waals surface area contributed by atoms with E-state index in [1.165, 1.54) is 0 Å². The minimum Gasteiger partial charge on any atom is -0.265 e. The number of hydrogen-bond acceptors (Lipinski definition) is 1. The van der Waals surface area contributed by atoms with E-state index in [0.29, 0.717) is 0 Å². The van der Waals surface area contributed by atoms with Gasteiger partial charge in [-0.25, -0.2) is 0 Å². The van der Waals surface area contributed by atoms with E-state index in [1.807, 2.05) is 18.2 Å². The molecule has 1 aromatic heterocycles. The highest BCUT2D eigenvalue weighted by molar-refractivity contribution is 4.88. The Bertz CT molecular complexity index is 76.1. The molecule has 7 heavy (non-hydrogen) atoms. The quantitative estimate of drug-likeness (QED) is 0.478. The van der Waals surface area contributed by atoms with E-state index < -0.39 is 0 Å². The first-order valence-corrected chi connectivity index (χ1v) is 1.85. The van der Waals surface area contributed by atoms with E-state index in [2.05, 4.69) is 4.98 Å². The Labute approximate surface area is 44.0 Å². The highest BCUT2D eigenvalue weighted by Gasteiger charge is 1.58. The van der Waals surface area contributed by atoms with Crippen LogP contribution in [0.5, 0.6) is 0 Å². The average molecular weight is 95.1 g/mol. The second kappa shape index (κ2) is 3.34. The third-order valence-corrected chi connectivity index (χ3v) is 0.566. The van der Waals surface area contributed by atoms with Crippen LogP contribution in [0.25, 0.3) is 0 Å². The Kier molecular flexibility index (Phi) is 2.94. The highest BCUT2D eigenvalue weighted by Crippen LogP contribution is 1.73. The Balaban J connectivity index is 0.000000360. The lowest BCUT2D eigenvalue weighted by Gasteiger charge is -1.70. The van der Waals surface area contributed by atoms with E-state index in [4.69, 9.17) is 0 Å². The Morgan fingerprint density at radius 2 is 1.43 bits per heavy atom. The molecule has 1 nitrogen and oxygen atoms in total. The van der Waals surface area contributed by atoms with Crippen molar-refractivity contribution in [1.82, 2.24) is 4.98 Å². The van der Waals surface area contributed by atoms with Gasteiger partial charge in [0.2, 0.25) is 0 Å². The fraction of sp³-hybridized carbons (Fsp3) is 0.167. The summed E-state index contributed by atoms with van der Waals surface area (Å²) in [6, 6.07) is 5.72. The van der Waals surface area contributed by atoms with Gasteiger partial charge in [-0.15, -0.1) is 0 Å². The predicted octanol–water partition coefficient (Wildman–Crippen LogP) is 1.72. The van der Waals surface area contributed by atoms with Gasteiger partial charge >= 0.3 is 0 Å². The molecular weight excluding hydrogens is 86.1 g/mol. The fourth-order valence-corrected chi connectivity index (χ4v) is 0.313. The van der Waals surface area contributed by atoms with Crippen LogP contribution in [-0.2, 0) is 0 Å². The summed E-state index contributed by atoms with van der Waals surface area (Å²) in [4.78, 5) is 3.78. The first kappa shape index (κ1) is 6.15. The molecule has 0 radical (unpaired) electrons. The molecule has 0 aliphatic rings. The molecule has 1 rings (SSSR count). The van der Waals surface area contributed by atoms with E-state index in [0.717, 1.165) is 0 Å². The molecule has 1 heteroatoms. The minimum absolute atomic E-state index is 0. The molecule has 1 heterocycles. The van der Waals surface area contributed by atoms with Crippen LogP contribution in [0.15, 0.2) is 30.6 Å². The van der Waals surface area contributed by atoms with Crippen LogP contribution in [0.1, 0.15) is 7.43 Å². The van der Waals surface area contributed by atoms with Crippen LogP contribution < -0.4 is 0 Å². The summed E-state index contributed by atoms with van der Waals surface area (Å²) in [6.45, 7) is 0. The van der Waals surface area contributed by atoms with Crippen molar-refractivity contribution in [3.8, 4) is 0 Å². The number of nitrogens with zero attached hydrogens (tertiary/aromatic N) is 1. The second-order valence-corrected chi connectivity index (χ2v) is 1.02. The van der Waals surface area contributed by atoms with Gasteiger partial charge < -0.3 is 0 Å². The smallest absolute Gasteiger partial charge is 0.0267 e. The highest BCUT2D eigenvalue weighted by atomic mass is 14.6. The molecule has 0 aliphatic carbocycles. The van der Waals surface area contributed by atoms with Crippen molar-refractivity contribution in [1.29, 1.82) is 0 Å². The van der Waals surface area contributed by atoms with Crippen molar-refractivity contribution in [3.63, 3.8) is 0 Å². The second-order valence-electron chi connectivity index (χ2n) is 1.02. The van der Waals surface area contributed by atoms with Crippen molar-refractivity contribution in [2.45, 2.75) is 7.43 Å². The lowest BCUT2D eigenvalue weighted by atomic mass is 10.5. The molecule has 0 spiro atoms. The van der Waals surface area contributed by atoms with E-state index in [1.54, 1.807) is 12.4 Å². The zero-order valence-corrected chi connectivity index (χ0v) is 3.33. The molecule has 0 N–H and O–H groups in total. The van der Waals surface area contributed by atoms with Gasteiger partial charge in [0.1, 0.15) is 0 Å². The minimum atomic E-state index is 0. The van der Waals surface area contributed by atoms with Crippen LogP contribution in [0, 0.1) is 0 Å². The fourth-order valence-electron chi connectivity index (χ4n) is 0.313. The number of hydrogen-bond donors (Lipinski definition) is 0. The molecule has 0 saturated carbocycles. The van der Waals surface area contributed by atoms with Gasteiger partial charge in [-0.05, 0) is 12.1 Å². The molecule has 0 aromatic carbocycles. The van der Waals surface area contributed by atoms with Gasteiger partial charge in [0.05, 0.1) is 0 Å². The summed E-state index contributed by atoms with van der Waals surface area (Å²) >= 11 is 0. The van der Waals surface area contributed by atoms with Crippen LogP contribution in [0.3, 0.4) is 0 Å². The van der Waals surface area contributed by atoms with E-state index in [9.17, 15) is 0 Å². The van der Waals surface area contributed by atoms with Crippen molar-refractivity contribution in [3.05, 3.63) is 30.6 Å². The standard InChI is InChI=1S/C5H5N.CH4/c1-2-4-6-5-3-1;/h1-5H;1H4. The summed E-state index contributed by atoms with van der Waals surface area (Å²) in [6.07, 6.45) is 3.50. The molecular formula is C6H9N. The lowest BCUT2D eigenvalue weighted by Crippen LogP contribution is -1.58. The first-order chi connectivity index (χ1) is 3.00. The van der Waals surface area contributed by atoms with Crippen molar-refractivity contribution in [2.75, 3.05) is 0 Å². The third kappa shape index (κ3) is 1.93. The van der Waals surface area contributed by atoms with Gasteiger partial charge in [0, 0.05) is 12.4 Å². The van der Waals surface area contributed by atoms with Crippen LogP contribution in [0.4, 0.5) is 0 Å². The summed E-state index contributed by atoms with van der Waals surface area (Å²) in [7, 11) is 0. The summed E-state index contributed by atoms with van der Waals surface area (Å²) in [5.74, 6) is 0. The van der Waals surface area contributed by atoms with Gasteiger partial charge in [-0.3, -0.25) is 4.98 Å². The topological polar surface area (TPSA) is 12.9 Å². The monoisotopic (exact) mass is 95.1 g/mol. The van der Waals surface area contributed by atoms with Crippen LogP contribution in [-0.4, -0.2) is 4.98 Å². The van der Waals surface area contributed by atoms with Crippen molar-refractivity contribution in [2.24, 2.45) is 0 Å². The molecule has 0 aliphatic heterocycles. The normalized spacial score (nSPS) is 6.86. The van der Waals surface area contributed by atoms with Crippen LogP contribution >= 0.6 is 0 Å². The van der Waals surface area contributed by atoms with Crippen molar-refractivity contribution < 1.29 is 0 Å². The first-order valence-electron chi connectivity index (χ1n) is 1.85. The molecule has 0 saturated heterocycles. The SMILES string of the molecule is C.c1ccncc1. The Hall–Kier alpha value is -0.850. The van der Waals surface area contributed by atoms with Gasteiger partial charge in [-0.2, -0.15) is 0 Å². The zero-order chi connectivity index (χ0) is 4.24. The van der Waals surface area contributed by atoms with Crippen LogP contribution in [0.2, 0.25) is 0 Å². The Morgan fingerprint density at radius 3 is 1.57 bits per heavy atom. The molecule has 1 aromatic rings. The van der Waals surface area contributed by atoms with Gasteiger partial charge in [0.25, 0.3) is 0 Å². The van der Waals surface area contributed by atoms with E-state index >= 15 is 0 Å². The summed E-state index contributed by atoms with van der Waals surface area (Å²) in [5, 5.41) is 0. The number of aromatic nitrogens is 1. The maximum atomic E-state index is 3.78. The third-order valence-electron chi connectivity index (χ3n) is 0.566. The van der Waals surface area contributed by atoms with Gasteiger partial charge in [0.15, 0.2) is 0 Å². The van der Waals surface area contributed by atoms with E-state index in [-0.39, 0.29) is 7.43 Å². The molecule has 0 unspecified atom stereocenters. The molecule has 0 fully saturated rings. The number of rotatable bonds is 0. The lowest BCUT2D eigenvalue weighted by molar-refractivity contribution is 1.33.